The van der Waals surface area contributed by atoms with E-state index in [1.54, 1.807) is 12.4 Å². The van der Waals surface area contributed by atoms with E-state index < -0.39 is 0 Å². The molecule has 0 radical (unpaired) electrons. The number of hydrogen-bond acceptors (Lipinski definition) is 2. The van der Waals surface area contributed by atoms with Crippen molar-refractivity contribution in [2.24, 2.45) is 0 Å². The summed E-state index contributed by atoms with van der Waals surface area (Å²) in [7, 11) is 0. The number of hydrogen-bond donors (Lipinski definition) is 1. The summed E-state index contributed by atoms with van der Waals surface area (Å²) in [5, 5.41) is 2.63. The third-order valence-electron chi connectivity index (χ3n) is 1.28. The van der Waals surface area contributed by atoms with Gasteiger partial charge in [-0.05, 0) is 0 Å². The van der Waals surface area contributed by atoms with Gasteiger partial charge in [-0.2, -0.15) is 0 Å². The van der Waals surface area contributed by atoms with Crippen LogP contribution < -0.4 is 5.32 Å². The Bertz CT molecular complexity index is 284. The Morgan fingerprint density at radius 3 is 3.17 bits per heavy atom. The summed E-state index contributed by atoms with van der Waals surface area (Å²) in [5.41, 5.74) is 0. The normalized spacial score (nSPS) is 8.92. The Hall–Kier alpha value is -1.76. The highest BCUT2D eigenvalue weighted by Gasteiger charge is 1.99. The number of rotatable bonds is 2. The minimum Gasteiger partial charge on any atom is -0.336 e. The van der Waals surface area contributed by atoms with E-state index in [0.717, 1.165) is 0 Å². The number of terminal acetylenes is 1. The van der Waals surface area contributed by atoms with Gasteiger partial charge < -0.3 is 5.32 Å². The maximum atomic E-state index is 11.1. The number of nitrogens with zero attached hydrogens (tertiary/aromatic N) is 2. The van der Waals surface area contributed by atoms with E-state index in [-0.39, 0.29) is 6.03 Å². The van der Waals surface area contributed by atoms with Crippen LogP contribution in [0.15, 0.2) is 18.7 Å². The van der Waals surface area contributed by atoms with Crippen LogP contribution in [0.2, 0.25) is 0 Å². The van der Waals surface area contributed by atoms with Gasteiger partial charge in [0.15, 0.2) is 0 Å². The summed E-state index contributed by atoms with van der Waals surface area (Å²) in [4.78, 5) is 14.9. The molecule has 0 aliphatic heterocycles. The van der Waals surface area contributed by atoms with Crippen molar-refractivity contribution < 1.29 is 4.79 Å². The van der Waals surface area contributed by atoms with E-state index in [1.165, 1.54) is 10.9 Å². The maximum absolute atomic E-state index is 11.1. The molecule has 4 nitrogen and oxygen atoms in total. The molecule has 62 valence electrons. The Balaban J connectivity index is 2.36. The van der Waals surface area contributed by atoms with E-state index in [9.17, 15) is 4.79 Å². The fourth-order valence-corrected chi connectivity index (χ4v) is 0.712. The summed E-state index contributed by atoms with van der Waals surface area (Å²) in [6, 6.07) is -0.206. The molecular formula is C8H9N3O. The second kappa shape index (κ2) is 4.19. The van der Waals surface area contributed by atoms with Gasteiger partial charge in [0.2, 0.25) is 0 Å². The van der Waals surface area contributed by atoms with Crippen molar-refractivity contribution in [3.05, 3.63) is 18.7 Å². The van der Waals surface area contributed by atoms with Gasteiger partial charge in [0, 0.05) is 25.4 Å². The molecule has 1 aromatic rings. The minimum absolute atomic E-state index is 0.206. The highest BCUT2D eigenvalue weighted by atomic mass is 16.2. The lowest BCUT2D eigenvalue weighted by molar-refractivity contribution is 0.242. The average molecular weight is 163 g/mol. The van der Waals surface area contributed by atoms with Gasteiger partial charge in [-0.1, -0.05) is 0 Å². The van der Waals surface area contributed by atoms with Crippen LogP contribution in [0, 0.1) is 12.3 Å². The van der Waals surface area contributed by atoms with Crippen molar-refractivity contribution in [1.82, 2.24) is 14.9 Å². The third-order valence-corrected chi connectivity index (χ3v) is 1.28. The first-order valence-corrected chi connectivity index (χ1v) is 3.54. The van der Waals surface area contributed by atoms with Crippen LogP contribution in [0.1, 0.15) is 6.42 Å². The molecule has 0 aromatic carbocycles. The summed E-state index contributed by atoms with van der Waals surface area (Å²) in [5.74, 6) is 2.43. The monoisotopic (exact) mass is 163 g/mol. The summed E-state index contributed by atoms with van der Waals surface area (Å²) < 4.78 is 1.36. The average Bonchev–Trinajstić information content (AvgIpc) is 2.56. The molecule has 1 rings (SSSR count). The van der Waals surface area contributed by atoms with Gasteiger partial charge >= 0.3 is 6.03 Å². The van der Waals surface area contributed by atoms with Gasteiger partial charge in [0.25, 0.3) is 0 Å². The highest BCUT2D eigenvalue weighted by Crippen LogP contribution is 1.84. The van der Waals surface area contributed by atoms with E-state index in [0.29, 0.717) is 13.0 Å². The molecule has 0 spiro atoms. The molecule has 1 aromatic heterocycles. The number of imidazole rings is 1. The van der Waals surface area contributed by atoms with Gasteiger partial charge in [0.1, 0.15) is 6.33 Å². The number of carbonyl (C=O) groups excluding carboxylic acids is 1. The van der Waals surface area contributed by atoms with Crippen molar-refractivity contribution in [3.63, 3.8) is 0 Å². The number of carbonyl (C=O) groups is 1. The molecule has 1 N–H and O–H groups in total. The van der Waals surface area contributed by atoms with Crippen LogP contribution in [0.5, 0.6) is 0 Å². The predicted molar refractivity (Wildman–Crippen MR) is 44.5 cm³/mol. The third kappa shape index (κ3) is 2.13. The fourth-order valence-electron chi connectivity index (χ4n) is 0.712. The quantitative estimate of drug-likeness (QED) is 0.508. The smallest absolute Gasteiger partial charge is 0.326 e. The van der Waals surface area contributed by atoms with E-state index in [1.807, 2.05) is 0 Å². The van der Waals surface area contributed by atoms with Crippen LogP contribution in [-0.2, 0) is 0 Å². The number of amides is 1. The van der Waals surface area contributed by atoms with Crippen LogP contribution in [0.3, 0.4) is 0 Å². The molecule has 1 amide bonds. The zero-order chi connectivity index (χ0) is 8.81. The number of nitrogens with one attached hydrogen (secondary N) is 1. The molecule has 0 aliphatic carbocycles. The van der Waals surface area contributed by atoms with Crippen molar-refractivity contribution in [2.45, 2.75) is 6.42 Å². The fraction of sp³-hybridized carbons (Fsp3) is 0.250. The van der Waals surface area contributed by atoms with Gasteiger partial charge in [-0.15, -0.1) is 12.3 Å². The topological polar surface area (TPSA) is 46.9 Å². The van der Waals surface area contributed by atoms with Crippen molar-refractivity contribution >= 4 is 6.03 Å². The zero-order valence-electron chi connectivity index (χ0n) is 6.53. The SMILES string of the molecule is C#CCCNC(=O)n1ccnc1. The Kier molecular flexibility index (Phi) is 2.91. The molecule has 4 heteroatoms. The largest absolute Gasteiger partial charge is 0.336 e. The Morgan fingerprint density at radius 1 is 1.75 bits per heavy atom. The van der Waals surface area contributed by atoms with Crippen LogP contribution in [0.4, 0.5) is 4.79 Å². The molecule has 1 heterocycles. The van der Waals surface area contributed by atoms with Crippen LogP contribution >= 0.6 is 0 Å². The lowest BCUT2D eigenvalue weighted by Crippen LogP contribution is -2.28. The van der Waals surface area contributed by atoms with Crippen molar-refractivity contribution in [3.8, 4) is 12.3 Å². The van der Waals surface area contributed by atoms with E-state index >= 15 is 0 Å². The lowest BCUT2D eigenvalue weighted by Gasteiger charge is -2.01. The molecule has 0 unspecified atom stereocenters. The van der Waals surface area contributed by atoms with Crippen molar-refractivity contribution in [1.29, 1.82) is 0 Å². The number of aromatic nitrogens is 2. The van der Waals surface area contributed by atoms with Crippen molar-refractivity contribution in [2.75, 3.05) is 6.54 Å². The lowest BCUT2D eigenvalue weighted by atomic mass is 10.4. The standard InChI is InChI=1S/C8H9N3O/c1-2-3-4-10-8(12)11-6-5-9-7-11/h1,5-7H,3-4H2,(H,10,12). The Morgan fingerprint density at radius 2 is 2.58 bits per heavy atom. The first kappa shape index (κ1) is 8.34. The zero-order valence-corrected chi connectivity index (χ0v) is 6.53. The van der Waals surface area contributed by atoms with Gasteiger partial charge in [-0.3, -0.25) is 4.57 Å². The first-order valence-electron chi connectivity index (χ1n) is 3.54. The van der Waals surface area contributed by atoms with Crippen LogP contribution in [0.25, 0.3) is 0 Å². The van der Waals surface area contributed by atoms with E-state index in [2.05, 4.69) is 16.2 Å². The molecule has 12 heavy (non-hydrogen) atoms. The van der Waals surface area contributed by atoms with Gasteiger partial charge in [0.05, 0.1) is 0 Å². The highest BCUT2D eigenvalue weighted by molar-refractivity contribution is 5.76. The summed E-state index contributed by atoms with van der Waals surface area (Å²) in [6.07, 6.45) is 10.1. The second-order valence-electron chi connectivity index (χ2n) is 2.16. The Labute approximate surface area is 70.6 Å². The summed E-state index contributed by atoms with van der Waals surface area (Å²) in [6.45, 7) is 0.494. The predicted octanol–water partition coefficient (Wildman–Crippen LogP) is 0.464. The summed E-state index contributed by atoms with van der Waals surface area (Å²) >= 11 is 0. The molecule has 0 fully saturated rings. The molecule has 0 saturated carbocycles. The minimum atomic E-state index is -0.206. The first-order chi connectivity index (χ1) is 5.84. The maximum Gasteiger partial charge on any atom is 0.326 e. The van der Waals surface area contributed by atoms with Gasteiger partial charge in [-0.25, -0.2) is 9.78 Å². The second-order valence-corrected chi connectivity index (χ2v) is 2.16. The molecule has 0 saturated heterocycles. The molecular weight excluding hydrogens is 154 g/mol. The molecule has 0 bridgehead atoms. The molecule has 0 atom stereocenters. The van der Waals surface area contributed by atoms with Crippen LogP contribution in [-0.4, -0.2) is 22.1 Å². The molecule has 0 aliphatic rings. The van der Waals surface area contributed by atoms with E-state index in [4.69, 9.17) is 6.42 Å².